The molecule has 6 nitrogen and oxygen atoms in total. The number of nitrogens with zero attached hydrogens (tertiary/aromatic N) is 4. The molecule has 1 atom stereocenters. The molecule has 1 saturated heterocycles. The average molecular weight is 342 g/mol. The van der Waals surface area contributed by atoms with Crippen LogP contribution in [0.3, 0.4) is 0 Å². The fourth-order valence-corrected chi connectivity index (χ4v) is 3.32. The summed E-state index contributed by atoms with van der Waals surface area (Å²) in [5.74, 6) is 2.41. The van der Waals surface area contributed by atoms with Crippen LogP contribution in [0.25, 0.3) is 0 Å². The molecule has 0 spiro atoms. The van der Waals surface area contributed by atoms with Crippen molar-refractivity contribution in [1.82, 2.24) is 15.1 Å². The van der Waals surface area contributed by atoms with Gasteiger partial charge in [-0.3, -0.25) is 4.90 Å². The highest BCUT2D eigenvalue weighted by Gasteiger charge is 2.27. The van der Waals surface area contributed by atoms with Gasteiger partial charge in [-0.2, -0.15) is 5.10 Å². The average Bonchev–Trinajstić information content (AvgIpc) is 3.09. The van der Waals surface area contributed by atoms with Gasteiger partial charge in [0.15, 0.2) is 17.3 Å². The van der Waals surface area contributed by atoms with Gasteiger partial charge in [0, 0.05) is 20.6 Å². The van der Waals surface area contributed by atoms with Crippen LogP contribution in [0.5, 0.6) is 11.5 Å². The Balaban J connectivity index is 1.75. The van der Waals surface area contributed by atoms with Crippen LogP contribution in [0.4, 0.5) is 5.82 Å². The number of rotatable bonds is 6. The molecule has 2 heterocycles. The van der Waals surface area contributed by atoms with E-state index in [4.69, 9.17) is 9.47 Å². The van der Waals surface area contributed by atoms with Crippen LogP contribution in [-0.2, 0) is 6.54 Å². The molecule has 1 aliphatic heterocycles. The van der Waals surface area contributed by atoms with E-state index in [0.717, 1.165) is 42.5 Å². The van der Waals surface area contributed by atoms with Gasteiger partial charge in [0.25, 0.3) is 0 Å². The Hall–Kier alpha value is -2.34. The van der Waals surface area contributed by atoms with E-state index in [1.807, 2.05) is 31.1 Å². The summed E-state index contributed by atoms with van der Waals surface area (Å²) >= 11 is 0. The van der Waals surface area contributed by atoms with Crippen LogP contribution in [-0.4, -0.2) is 50.0 Å². The van der Waals surface area contributed by atoms with E-state index in [1.165, 1.54) is 12.0 Å². The minimum atomic E-state index is 0.316. The number of hydrogen-bond acceptors (Lipinski definition) is 6. The zero-order valence-corrected chi connectivity index (χ0v) is 15.4. The monoisotopic (exact) mass is 342 g/mol. The molecule has 1 fully saturated rings. The second-order valence-electron chi connectivity index (χ2n) is 6.53. The number of ether oxygens (including phenoxy) is 2. The molecule has 1 aromatic heterocycles. The van der Waals surface area contributed by atoms with Gasteiger partial charge >= 0.3 is 0 Å². The van der Waals surface area contributed by atoms with E-state index >= 15 is 0 Å². The highest BCUT2D eigenvalue weighted by Crippen LogP contribution is 2.34. The van der Waals surface area contributed by atoms with Gasteiger partial charge in [-0.1, -0.05) is 6.07 Å². The van der Waals surface area contributed by atoms with Crippen LogP contribution in [0, 0.1) is 0 Å². The summed E-state index contributed by atoms with van der Waals surface area (Å²) in [6, 6.07) is 10.6. The Kier molecular flexibility index (Phi) is 5.38. The molecule has 1 unspecified atom stereocenters. The molecule has 1 aliphatic rings. The van der Waals surface area contributed by atoms with E-state index in [0.29, 0.717) is 6.04 Å². The molecular formula is C19H26N4O2. The maximum Gasteiger partial charge on any atom is 0.161 e. The van der Waals surface area contributed by atoms with Crippen LogP contribution in [0.2, 0.25) is 0 Å². The SMILES string of the molecule is COc1ccc(CN2CCCC2c2ccc(N(C)C)nn2)cc1OC. The molecule has 134 valence electrons. The lowest BCUT2D eigenvalue weighted by atomic mass is 10.1. The van der Waals surface area contributed by atoms with Gasteiger partial charge in [-0.25, -0.2) is 0 Å². The summed E-state index contributed by atoms with van der Waals surface area (Å²) in [5.41, 5.74) is 2.26. The number of anilines is 1. The van der Waals surface area contributed by atoms with Crippen molar-refractivity contribution in [3.63, 3.8) is 0 Å². The molecular weight excluding hydrogens is 316 g/mol. The highest BCUT2D eigenvalue weighted by atomic mass is 16.5. The van der Waals surface area contributed by atoms with Crippen molar-refractivity contribution in [2.75, 3.05) is 39.8 Å². The van der Waals surface area contributed by atoms with E-state index in [9.17, 15) is 0 Å². The summed E-state index contributed by atoms with van der Waals surface area (Å²) in [7, 11) is 7.28. The molecule has 1 aromatic carbocycles. The van der Waals surface area contributed by atoms with Crippen molar-refractivity contribution in [2.45, 2.75) is 25.4 Å². The Bertz CT molecular complexity index is 703. The molecule has 3 rings (SSSR count). The van der Waals surface area contributed by atoms with Crippen molar-refractivity contribution >= 4 is 5.82 Å². The Labute approximate surface area is 149 Å². The molecule has 25 heavy (non-hydrogen) atoms. The van der Waals surface area contributed by atoms with Crippen molar-refractivity contribution < 1.29 is 9.47 Å². The van der Waals surface area contributed by atoms with Gasteiger partial charge < -0.3 is 14.4 Å². The lowest BCUT2D eigenvalue weighted by Crippen LogP contribution is -2.24. The lowest BCUT2D eigenvalue weighted by molar-refractivity contribution is 0.242. The minimum absolute atomic E-state index is 0.316. The quantitative estimate of drug-likeness (QED) is 0.804. The van der Waals surface area contributed by atoms with Crippen LogP contribution < -0.4 is 14.4 Å². The fourth-order valence-electron chi connectivity index (χ4n) is 3.32. The second-order valence-corrected chi connectivity index (χ2v) is 6.53. The number of aromatic nitrogens is 2. The fraction of sp³-hybridized carbons (Fsp3) is 0.474. The van der Waals surface area contributed by atoms with Gasteiger partial charge in [-0.05, 0) is 49.2 Å². The number of methoxy groups -OCH3 is 2. The van der Waals surface area contributed by atoms with Crippen molar-refractivity contribution in [2.24, 2.45) is 0 Å². The normalized spacial score (nSPS) is 17.5. The van der Waals surface area contributed by atoms with E-state index in [-0.39, 0.29) is 0 Å². The van der Waals surface area contributed by atoms with E-state index < -0.39 is 0 Å². The van der Waals surface area contributed by atoms with Crippen molar-refractivity contribution in [1.29, 1.82) is 0 Å². The number of hydrogen-bond donors (Lipinski definition) is 0. The van der Waals surface area contributed by atoms with Gasteiger partial charge in [0.1, 0.15) is 0 Å². The van der Waals surface area contributed by atoms with Crippen LogP contribution in [0.15, 0.2) is 30.3 Å². The molecule has 2 aromatic rings. The second kappa shape index (κ2) is 7.70. The number of likely N-dealkylation sites (tertiary alicyclic amines) is 1. The topological polar surface area (TPSA) is 50.7 Å². The molecule has 0 bridgehead atoms. The summed E-state index contributed by atoms with van der Waals surface area (Å²) in [4.78, 5) is 4.42. The molecule has 0 saturated carbocycles. The highest BCUT2D eigenvalue weighted by molar-refractivity contribution is 5.43. The minimum Gasteiger partial charge on any atom is -0.493 e. The van der Waals surface area contributed by atoms with Crippen molar-refractivity contribution in [3.8, 4) is 11.5 Å². The largest absolute Gasteiger partial charge is 0.493 e. The predicted molar refractivity (Wildman–Crippen MR) is 98.3 cm³/mol. The third-order valence-corrected chi connectivity index (χ3v) is 4.67. The number of benzene rings is 1. The van der Waals surface area contributed by atoms with Gasteiger partial charge in [-0.15, -0.1) is 5.10 Å². The first-order valence-electron chi connectivity index (χ1n) is 8.58. The summed E-state index contributed by atoms with van der Waals surface area (Å²) in [6.45, 7) is 1.93. The Morgan fingerprint density at radius 2 is 1.88 bits per heavy atom. The van der Waals surface area contributed by atoms with E-state index in [1.54, 1.807) is 14.2 Å². The standard InChI is InChI=1S/C19H26N4O2/c1-22(2)19-10-8-15(20-21-19)16-6-5-11-23(16)13-14-7-9-17(24-3)18(12-14)25-4/h7-10,12,16H,5-6,11,13H2,1-4H3. The Morgan fingerprint density at radius 3 is 2.52 bits per heavy atom. The van der Waals surface area contributed by atoms with E-state index in [2.05, 4.69) is 33.3 Å². The Morgan fingerprint density at radius 1 is 1.08 bits per heavy atom. The maximum atomic E-state index is 5.42. The molecule has 6 heteroatoms. The lowest BCUT2D eigenvalue weighted by Gasteiger charge is -2.24. The third-order valence-electron chi connectivity index (χ3n) is 4.67. The maximum absolute atomic E-state index is 5.42. The van der Waals surface area contributed by atoms with Crippen LogP contribution in [0.1, 0.15) is 30.1 Å². The molecule has 0 radical (unpaired) electrons. The van der Waals surface area contributed by atoms with Crippen molar-refractivity contribution in [3.05, 3.63) is 41.6 Å². The molecule has 0 aliphatic carbocycles. The first kappa shape index (κ1) is 17.5. The molecule has 0 amide bonds. The van der Waals surface area contributed by atoms with Gasteiger partial charge in [0.05, 0.1) is 26.0 Å². The summed E-state index contributed by atoms with van der Waals surface area (Å²) < 4.78 is 10.7. The predicted octanol–water partition coefficient (Wildman–Crippen LogP) is 2.90. The third kappa shape index (κ3) is 3.85. The zero-order valence-electron chi connectivity index (χ0n) is 15.4. The first-order chi connectivity index (χ1) is 12.1. The smallest absolute Gasteiger partial charge is 0.161 e. The summed E-state index contributed by atoms with van der Waals surface area (Å²) in [6.07, 6.45) is 2.29. The molecule has 0 N–H and O–H groups in total. The van der Waals surface area contributed by atoms with Crippen LogP contribution >= 0.6 is 0 Å². The zero-order chi connectivity index (χ0) is 17.8. The summed E-state index contributed by atoms with van der Waals surface area (Å²) in [5, 5.41) is 8.78. The van der Waals surface area contributed by atoms with Gasteiger partial charge in [0.2, 0.25) is 0 Å². The first-order valence-corrected chi connectivity index (χ1v) is 8.58.